The van der Waals surface area contributed by atoms with Crippen molar-refractivity contribution in [2.45, 2.75) is 6.54 Å². The molecule has 5 heteroatoms. The van der Waals surface area contributed by atoms with E-state index in [-0.39, 0.29) is 6.54 Å². The number of benzene rings is 4. The zero-order valence-electron chi connectivity index (χ0n) is 14.9. The second kappa shape index (κ2) is 6.48. The second-order valence-electron chi connectivity index (χ2n) is 6.79. The smallest absolute Gasteiger partial charge is 0.370 e. The van der Waals surface area contributed by atoms with Gasteiger partial charge < -0.3 is 4.18 Å². The van der Waals surface area contributed by atoms with Gasteiger partial charge in [-0.1, -0.05) is 78.9 Å². The van der Waals surface area contributed by atoms with E-state index < -0.39 is 10.3 Å². The first-order valence-corrected chi connectivity index (χ1v) is 10.4. The summed E-state index contributed by atoms with van der Waals surface area (Å²) in [4.78, 5) is 0. The van der Waals surface area contributed by atoms with Crippen LogP contribution >= 0.6 is 0 Å². The van der Waals surface area contributed by atoms with Crippen molar-refractivity contribution in [1.82, 2.24) is 4.72 Å². The van der Waals surface area contributed by atoms with E-state index in [2.05, 4.69) is 47.2 Å². The zero-order chi connectivity index (χ0) is 19.1. The Morgan fingerprint density at radius 2 is 1.43 bits per heavy atom. The van der Waals surface area contributed by atoms with E-state index in [1.807, 2.05) is 42.5 Å². The number of nitrogens with one attached hydrogen (secondary N) is 1. The van der Waals surface area contributed by atoms with E-state index in [1.165, 1.54) is 10.8 Å². The van der Waals surface area contributed by atoms with Crippen molar-refractivity contribution in [2.75, 3.05) is 0 Å². The molecular formula is C23H17NO3S. The minimum absolute atomic E-state index is 0.237. The molecule has 4 aromatic rings. The van der Waals surface area contributed by atoms with Gasteiger partial charge in [-0.25, -0.2) is 0 Å². The summed E-state index contributed by atoms with van der Waals surface area (Å²) in [6.07, 6.45) is 0. The summed E-state index contributed by atoms with van der Waals surface area (Å²) in [5.41, 5.74) is 4.76. The normalized spacial score (nSPS) is 15.0. The highest BCUT2D eigenvalue weighted by Gasteiger charge is 2.24. The molecule has 1 aliphatic rings. The number of fused-ring (bicyclic) bond motifs is 2. The molecule has 0 spiro atoms. The summed E-state index contributed by atoms with van der Waals surface area (Å²) in [5.74, 6) is 0.403. The van der Waals surface area contributed by atoms with Crippen molar-refractivity contribution < 1.29 is 12.6 Å². The zero-order valence-corrected chi connectivity index (χ0v) is 15.7. The minimum Gasteiger partial charge on any atom is -0.370 e. The van der Waals surface area contributed by atoms with Crippen LogP contribution in [0.4, 0.5) is 0 Å². The molecule has 138 valence electrons. The Labute approximate surface area is 163 Å². The quantitative estimate of drug-likeness (QED) is 0.532. The first kappa shape index (κ1) is 17.0. The van der Waals surface area contributed by atoms with Gasteiger partial charge in [0.25, 0.3) is 0 Å². The Kier molecular flexibility index (Phi) is 3.93. The van der Waals surface area contributed by atoms with Crippen LogP contribution in [-0.2, 0) is 16.8 Å². The molecule has 1 heterocycles. The van der Waals surface area contributed by atoms with Gasteiger partial charge in [-0.3, -0.25) is 0 Å². The molecule has 0 atom stereocenters. The predicted molar refractivity (Wildman–Crippen MR) is 111 cm³/mol. The maximum atomic E-state index is 11.8. The molecule has 0 fully saturated rings. The molecule has 1 aliphatic heterocycles. The molecule has 0 saturated heterocycles. The molecule has 5 rings (SSSR count). The van der Waals surface area contributed by atoms with E-state index in [0.29, 0.717) is 5.75 Å². The third-order valence-corrected chi connectivity index (χ3v) is 5.89. The lowest BCUT2D eigenvalue weighted by molar-refractivity contribution is 0.454. The van der Waals surface area contributed by atoms with Crippen LogP contribution in [0.2, 0.25) is 0 Å². The molecule has 4 aromatic carbocycles. The molecule has 4 nitrogen and oxygen atoms in total. The van der Waals surface area contributed by atoms with Crippen LogP contribution in [0, 0.1) is 0 Å². The third kappa shape index (κ3) is 3.05. The predicted octanol–water partition coefficient (Wildman–Crippen LogP) is 4.90. The monoisotopic (exact) mass is 387 g/mol. The molecule has 0 amide bonds. The van der Waals surface area contributed by atoms with Crippen molar-refractivity contribution >= 4 is 21.1 Å². The fourth-order valence-corrected chi connectivity index (χ4v) is 4.37. The Morgan fingerprint density at radius 1 is 0.714 bits per heavy atom. The van der Waals surface area contributed by atoms with Gasteiger partial charge in [0.2, 0.25) is 0 Å². The SMILES string of the molecule is O=S1(=O)NCc2cccc(-c3ccc(-c4ccc5ccccc5c4)cc3)c2O1. The van der Waals surface area contributed by atoms with E-state index >= 15 is 0 Å². The highest BCUT2D eigenvalue weighted by Crippen LogP contribution is 2.37. The Hall–Kier alpha value is -3.15. The first-order chi connectivity index (χ1) is 13.6. The van der Waals surface area contributed by atoms with Gasteiger partial charge in [0.05, 0.1) is 0 Å². The van der Waals surface area contributed by atoms with Crippen LogP contribution in [0.25, 0.3) is 33.0 Å². The van der Waals surface area contributed by atoms with Gasteiger partial charge in [0.1, 0.15) is 0 Å². The molecule has 0 aliphatic carbocycles. The molecule has 0 radical (unpaired) electrons. The molecule has 28 heavy (non-hydrogen) atoms. The summed E-state index contributed by atoms with van der Waals surface area (Å²) >= 11 is 0. The Bertz CT molecular complexity index is 1300. The van der Waals surface area contributed by atoms with Crippen LogP contribution in [-0.4, -0.2) is 8.42 Å². The number of rotatable bonds is 2. The lowest BCUT2D eigenvalue weighted by atomic mass is 9.97. The van der Waals surface area contributed by atoms with Crippen molar-refractivity contribution in [3.8, 4) is 28.0 Å². The first-order valence-electron chi connectivity index (χ1n) is 9.00. The summed E-state index contributed by atoms with van der Waals surface area (Å²) in [6.45, 7) is 0.237. The van der Waals surface area contributed by atoms with E-state index in [4.69, 9.17) is 4.18 Å². The minimum atomic E-state index is -3.75. The van der Waals surface area contributed by atoms with Crippen molar-refractivity contribution in [3.05, 3.63) is 90.5 Å². The van der Waals surface area contributed by atoms with Crippen molar-refractivity contribution in [2.24, 2.45) is 0 Å². The highest BCUT2D eigenvalue weighted by molar-refractivity contribution is 7.85. The van der Waals surface area contributed by atoms with Gasteiger partial charge in [-0.2, -0.15) is 13.1 Å². The van der Waals surface area contributed by atoms with Crippen molar-refractivity contribution in [1.29, 1.82) is 0 Å². The fourth-order valence-electron chi connectivity index (χ4n) is 3.57. The maximum Gasteiger partial charge on any atom is 0.382 e. The maximum absolute atomic E-state index is 11.8. The van der Waals surface area contributed by atoms with Gasteiger partial charge in [-0.15, -0.1) is 0 Å². The van der Waals surface area contributed by atoms with Crippen LogP contribution in [0.15, 0.2) is 84.9 Å². The average Bonchev–Trinajstić information content (AvgIpc) is 2.72. The summed E-state index contributed by atoms with van der Waals surface area (Å²) in [7, 11) is -3.75. The van der Waals surface area contributed by atoms with Crippen LogP contribution < -0.4 is 8.91 Å². The van der Waals surface area contributed by atoms with E-state index in [9.17, 15) is 8.42 Å². The Balaban J connectivity index is 1.54. The van der Waals surface area contributed by atoms with Crippen LogP contribution in [0.5, 0.6) is 5.75 Å². The van der Waals surface area contributed by atoms with Gasteiger partial charge in [-0.05, 0) is 33.5 Å². The van der Waals surface area contributed by atoms with Gasteiger partial charge in [0, 0.05) is 17.7 Å². The molecule has 0 bridgehead atoms. The van der Waals surface area contributed by atoms with Crippen molar-refractivity contribution in [3.63, 3.8) is 0 Å². The van der Waals surface area contributed by atoms with Crippen LogP contribution in [0.3, 0.4) is 0 Å². The average molecular weight is 387 g/mol. The van der Waals surface area contributed by atoms with E-state index in [1.54, 1.807) is 0 Å². The summed E-state index contributed by atoms with van der Waals surface area (Å²) in [5, 5.41) is 2.41. The molecular weight excluding hydrogens is 370 g/mol. The Morgan fingerprint density at radius 3 is 2.25 bits per heavy atom. The number of para-hydroxylation sites is 1. The third-order valence-electron chi connectivity index (χ3n) is 5.01. The molecule has 0 unspecified atom stereocenters. The largest absolute Gasteiger partial charge is 0.382 e. The summed E-state index contributed by atoms with van der Waals surface area (Å²) in [6, 6.07) is 28.4. The standard InChI is InChI=1S/C23H17NO3S/c25-28(26)24-15-21-6-3-7-22(23(21)27-28)18-11-8-17(9-12-18)20-13-10-16-4-1-2-5-19(16)14-20/h1-14,24H,15H2. The lowest BCUT2D eigenvalue weighted by Crippen LogP contribution is -2.32. The fraction of sp³-hybridized carbons (Fsp3) is 0.0435. The lowest BCUT2D eigenvalue weighted by Gasteiger charge is -2.20. The number of hydrogen-bond acceptors (Lipinski definition) is 3. The van der Waals surface area contributed by atoms with E-state index in [0.717, 1.165) is 27.8 Å². The highest BCUT2D eigenvalue weighted by atomic mass is 32.2. The molecule has 0 saturated carbocycles. The molecule has 0 aromatic heterocycles. The number of hydrogen-bond donors (Lipinski definition) is 1. The van der Waals surface area contributed by atoms with Gasteiger partial charge in [0.15, 0.2) is 5.75 Å². The van der Waals surface area contributed by atoms with Crippen LogP contribution in [0.1, 0.15) is 5.56 Å². The summed E-state index contributed by atoms with van der Waals surface area (Å²) < 4.78 is 31.2. The molecule has 1 N–H and O–H groups in total. The second-order valence-corrected chi connectivity index (χ2v) is 8.16. The van der Waals surface area contributed by atoms with Gasteiger partial charge >= 0.3 is 10.3 Å². The topological polar surface area (TPSA) is 55.4 Å².